The third-order valence-corrected chi connectivity index (χ3v) is 2.49. The lowest BCUT2D eigenvalue weighted by molar-refractivity contribution is 0.102. The molecule has 8 heteroatoms. The summed E-state index contributed by atoms with van der Waals surface area (Å²) >= 11 is 3.27. The third kappa shape index (κ3) is 2.59. The van der Waals surface area contributed by atoms with Crippen LogP contribution in [-0.2, 0) is 7.05 Å². The van der Waals surface area contributed by atoms with Gasteiger partial charge in [0.05, 0.1) is 12.6 Å². The van der Waals surface area contributed by atoms with Gasteiger partial charge in [0, 0.05) is 10.2 Å². The van der Waals surface area contributed by atoms with E-state index in [4.69, 9.17) is 5.73 Å². The Bertz CT molecular complexity index is 566. The normalized spacial score (nSPS) is 10.2. The van der Waals surface area contributed by atoms with Gasteiger partial charge in [0.2, 0.25) is 0 Å². The molecule has 0 bridgehead atoms. The minimum absolute atomic E-state index is 0.139. The highest BCUT2D eigenvalue weighted by atomic mass is 79.9. The van der Waals surface area contributed by atoms with Crippen LogP contribution in [-0.4, -0.2) is 26.1 Å². The fraction of sp³-hybridized carbons (Fsp3) is 0.111. The molecule has 0 radical (unpaired) electrons. The van der Waals surface area contributed by atoms with Gasteiger partial charge in [0.15, 0.2) is 0 Å². The van der Waals surface area contributed by atoms with Crippen molar-refractivity contribution in [3.05, 3.63) is 28.2 Å². The molecule has 0 fully saturated rings. The molecule has 0 saturated carbocycles. The topological polar surface area (TPSA) is 98.7 Å². The quantitative estimate of drug-likeness (QED) is 0.799. The molecule has 1 amide bonds. The predicted octanol–water partition coefficient (Wildman–Crippen LogP) is 0.807. The number of nitrogens with one attached hydrogen (secondary N) is 1. The van der Waals surface area contributed by atoms with Crippen LogP contribution in [0.3, 0.4) is 0 Å². The number of anilines is 2. The highest BCUT2D eigenvalue weighted by Crippen LogP contribution is 2.19. The van der Waals surface area contributed by atoms with Gasteiger partial charge in [-0.3, -0.25) is 10.1 Å². The number of aryl methyl sites for hydroxylation is 1. The van der Waals surface area contributed by atoms with E-state index in [-0.39, 0.29) is 11.9 Å². The minimum Gasteiger partial charge on any atom is -0.398 e. The highest BCUT2D eigenvalue weighted by molar-refractivity contribution is 9.10. The number of hydrogen-bond donors (Lipinski definition) is 2. The summed E-state index contributed by atoms with van der Waals surface area (Å²) in [7, 11) is 1.61. The van der Waals surface area contributed by atoms with Gasteiger partial charge in [-0.1, -0.05) is 21.0 Å². The fourth-order valence-electron chi connectivity index (χ4n) is 1.24. The van der Waals surface area contributed by atoms with Crippen molar-refractivity contribution in [3.8, 4) is 0 Å². The summed E-state index contributed by atoms with van der Waals surface area (Å²) in [5, 5.41) is 13.6. The Balaban J connectivity index is 2.20. The number of rotatable bonds is 2. The first-order valence-electron chi connectivity index (χ1n) is 4.66. The first-order valence-corrected chi connectivity index (χ1v) is 5.46. The van der Waals surface area contributed by atoms with E-state index < -0.39 is 0 Å². The summed E-state index contributed by atoms with van der Waals surface area (Å²) in [5.41, 5.74) is 6.47. The molecule has 0 aliphatic rings. The van der Waals surface area contributed by atoms with Gasteiger partial charge in [-0.05, 0) is 23.4 Å². The van der Waals surface area contributed by atoms with Crippen LogP contribution in [0.2, 0.25) is 0 Å². The van der Waals surface area contributed by atoms with Crippen LogP contribution in [0.5, 0.6) is 0 Å². The molecule has 0 aliphatic heterocycles. The number of carbonyl (C=O) groups excluding carboxylic acids is 1. The molecule has 0 atom stereocenters. The summed E-state index contributed by atoms with van der Waals surface area (Å²) < 4.78 is 0.809. The Labute approximate surface area is 105 Å². The Hall–Kier alpha value is -1.96. The Morgan fingerprint density at radius 1 is 1.53 bits per heavy atom. The number of carbonyl (C=O) groups is 1. The summed E-state index contributed by atoms with van der Waals surface area (Å²) in [4.78, 5) is 13.1. The van der Waals surface area contributed by atoms with Crippen molar-refractivity contribution in [1.29, 1.82) is 0 Å². The zero-order valence-corrected chi connectivity index (χ0v) is 10.5. The van der Waals surface area contributed by atoms with E-state index in [0.717, 1.165) is 4.47 Å². The molecule has 17 heavy (non-hydrogen) atoms. The van der Waals surface area contributed by atoms with Crippen molar-refractivity contribution in [2.45, 2.75) is 0 Å². The molecule has 2 aromatic rings. The fourth-order valence-corrected chi connectivity index (χ4v) is 1.62. The number of hydrogen-bond acceptors (Lipinski definition) is 5. The molecular formula is C9H9BrN6O. The molecule has 1 heterocycles. The number of halogens is 1. The third-order valence-electron chi connectivity index (χ3n) is 1.99. The molecule has 0 unspecified atom stereocenters. The number of benzene rings is 1. The number of amides is 1. The summed E-state index contributed by atoms with van der Waals surface area (Å²) in [5.74, 6) is -0.234. The van der Waals surface area contributed by atoms with Gasteiger partial charge in [0.25, 0.3) is 11.9 Å². The van der Waals surface area contributed by atoms with Crippen LogP contribution >= 0.6 is 15.9 Å². The summed E-state index contributed by atoms with van der Waals surface area (Å²) in [6.45, 7) is 0. The van der Waals surface area contributed by atoms with Crippen LogP contribution < -0.4 is 11.1 Å². The van der Waals surface area contributed by atoms with Crippen LogP contribution in [0.25, 0.3) is 0 Å². The predicted molar refractivity (Wildman–Crippen MR) is 65.3 cm³/mol. The number of nitrogens with zero attached hydrogens (tertiary/aromatic N) is 4. The number of tetrazole rings is 1. The molecule has 3 N–H and O–H groups in total. The van der Waals surface area contributed by atoms with Crippen molar-refractivity contribution < 1.29 is 4.79 Å². The lowest BCUT2D eigenvalue weighted by Crippen LogP contribution is -2.15. The second-order valence-electron chi connectivity index (χ2n) is 3.29. The van der Waals surface area contributed by atoms with Crippen LogP contribution in [0.1, 0.15) is 10.4 Å². The first-order chi connectivity index (χ1) is 8.06. The second kappa shape index (κ2) is 4.50. The monoisotopic (exact) mass is 296 g/mol. The van der Waals surface area contributed by atoms with Gasteiger partial charge in [-0.2, -0.15) is 4.80 Å². The minimum atomic E-state index is -0.372. The lowest BCUT2D eigenvalue weighted by Gasteiger charge is -2.04. The molecular weight excluding hydrogens is 288 g/mol. The average molecular weight is 297 g/mol. The molecule has 0 spiro atoms. The molecule has 1 aromatic carbocycles. The summed E-state index contributed by atoms with van der Waals surface area (Å²) in [6.07, 6.45) is 0. The zero-order chi connectivity index (χ0) is 12.4. The van der Waals surface area contributed by atoms with E-state index in [0.29, 0.717) is 11.3 Å². The summed E-state index contributed by atoms with van der Waals surface area (Å²) in [6, 6.07) is 5.00. The SMILES string of the molecule is Cn1nnc(NC(=O)c2ccc(Br)cc2N)n1. The average Bonchev–Trinajstić information content (AvgIpc) is 2.63. The van der Waals surface area contributed by atoms with Crippen LogP contribution in [0, 0.1) is 0 Å². The molecule has 0 saturated heterocycles. The van der Waals surface area contributed by atoms with Gasteiger partial charge in [-0.15, -0.1) is 5.10 Å². The van der Waals surface area contributed by atoms with Gasteiger partial charge in [0.1, 0.15) is 0 Å². The number of nitrogen functional groups attached to an aromatic ring is 1. The van der Waals surface area contributed by atoms with Crippen molar-refractivity contribution in [2.75, 3.05) is 11.1 Å². The van der Waals surface area contributed by atoms with E-state index in [2.05, 4.69) is 36.7 Å². The van der Waals surface area contributed by atoms with Gasteiger partial charge < -0.3 is 5.73 Å². The van der Waals surface area contributed by atoms with Crippen molar-refractivity contribution in [1.82, 2.24) is 20.2 Å². The number of aromatic nitrogens is 4. The van der Waals surface area contributed by atoms with Crippen LogP contribution in [0.4, 0.5) is 11.6 Å². The van der Waals surface area contributed by atoms with Crippen molar-refractivity contribution in [3.63, 3.8) is 0 Å². The second-order valence-corrected chi connectivity index (χ2v) is 4.20. The largest absolute Gasteiger partial charge is 0.398 e. The molecule has 7 nitrogen and oxygen atoms in total. The van der Waals surface area contributed by atoms with E-state index in [9.17, 15) is 4.79 Å². The maximum atomic E-state index is 11.8. The lowest BCUT2D eigenvalue weighted by atomic mass is 10.2. The molecule has 0 aliphatic carbocycles. The Kier molecular flexibility index (Phi) is 3.05. The molecule has 88 valence electrons. The van der Waals surface area contributed by atoms with Gasteiger partial charge in [-0.25, -0.2) is 0 Å². The standard InChI is InChI=1S/C9H9BrN6O/c1-16-14-9(13-15-16)12-8(17)6-3-2-5(10)4-7(6)11/h2-4H,11H2,1H3,(H,12,14,17). The molecule has 2 rings (SSSR count). The first kappa shape index (κ1) is 11.5. The van der Waals surface area contributed by atoms with E-state index in [1.807, 2.05) is 0 Å². The maximum absolute atomic E-state index is 11.8. The zero-order valence-electron chi connectivity index (χ0n) is 8.88. The highest BCUT2D eigenvalue weighted by Gasteiger charge is 2.12. The molecule has 1 aromatic heterocycles. The Morgan fingerprint density at radius 3 is 2.88 bits per heavy atom. The van der Waals surface area contributed by atoms with Crippen LogP contribution in [0.15, 0.2) is 22.7 Å². The van der Waals surface area contributed by atoms with Crippen molar-refractivity contribution in [2.24, 2.45) is 7.05 Å². The maximum Gasteiger partial charge on any atom is 0.270 e. The smallest absolute Gasteiger partial charge is 0.270 e. The number of nitrogens with two attached hydrogens (primary N) is 1. The van der Waals surface area contributed by atoms with E-state index in [1.165, 1.54) is 4.80 Å². The van der Waals surface area contributed by atoms with Crippen molar-refractivity contribution >= 4 is 33.5 Å². The van der Waals surface area contributed by atoms with E-state index in [1.54, 1.807) is 25.2 Å². The Morgan fingerprint density at radius 2 is 2.29 bits per heavy atom. The van der Waals surface area contributed by atoms with Gasteiger partial charge >= 0.3 is 0 Å². The van der Waals surface area contributed by atoms with E-state index >= 15 is 0 Å².